The van der Waals surface area contributed by atoms with Crippen molar-refractivity contribution in [3.63, 3.8) is 0 Å². The molecule has 68 valence electrons. The van der Waals surface area contributed by atoms with Crippen molar-refractivity contribution in [1.82, 2.24) is 0 Å². The van der Waals surface area contributed by atoms with Crippen LogP contribution in [0.4, 0.5) is 0 Å². The molecule has 0 aromatic carbocycles. The van der Waals surface area contributed by atoms with Crippen LogP contribution in [0.15, 0.2) is 24.3 Å². The Morgan fingerprint density at radius 2 is 1.38 bits per heavy atom. The molecule has 0 bridgehead atoms. The maximum absolute atomic E-state index is 7.50. The van der Waals surface area contributed by atoms with Gasteiger partial charge in [-0.15, -0.1) is 0 Å². The molecule has 0 spiro atoms. The summed E-state index contributed by atoms with van der Waals surface area (Å²) in [6.07, 6.45) is 9.26. The van der Waals surface area contributed by atoms with E-state index in [9.17, 15) is 0 Å². The van der Waals surface area contributed by atoms with Crippen LogP contribution in [0.3, 0.4) is 0 Å². The van der Waals surface area contributed by atoms with E-state index in [0.29, 0.717) is 0 Å². The minimum atomic E-state index is -0.106. The fourth-order valence-electron chi connectivity index (χ4n) is 0.385. The molecule has 0 aliphatic heterocycles. The molecule has 0 aromatic rings. The molecule has 3 nitrogen and oxygen atoms in total. The largest absolute Gasteiger partial charge is 0 e. The second kappa shape index (κ2) is 43.0. The standard InChI is InChI=1S/C6H7.3CO.Mn/c1-2-4-6-5-3-1;3*1-2;/h1-5H,6H2;;;;/i6D;;;;. The number of allylic oxidation sites excluding steroid dienone is 4. The van der Waals surface area contributed by atoms with Crippen molar-refractivity contribution in [3.05, 3.63) is 50.7 Å². The topological polar surface area (TPSA) is 59.7 Å². The Kier molecular flexibility index (Phi) is 59.9. The van der Waals surface area contributed by atoms with Crippen LogP contribution in [0.25, 0.3) is 0 Å². The van der Waals surface area contributed by atoms with Gasteiger partial charge in [-0.2, -0.15) is 0 Å². The maximum atomic E-state index is 7.50. The first-order chi connectivity index (χ1) is 6.39. The molecule has 0 heterocycles. The number of hydrogen-bond donors (Lipinski definition) is 0. The zero-order valence-corrected chi connectivity index (χ0v) is 7.75. The average Bonchev–Trinajstić information content (AvgIpc) is 2.28. The molecule has 1 unspecified atom stereocenters. The fourth-order valence-corrected chi connectivity index (χ4v) is 0.385. The Hall–Kier alpha value is -0.781. The summed E-state index contributed by atoms with van der Waals surface area (Å²) in [5.41, 5.74) is 0. The molecule has 0 saturated carbocycles. The first-order valence-electron chi connectivity index (χ1n) is 3.19. The normalized spacial score (nSPS) is 15.8. The molecule has 1 aliphatic carbocycles. The third-order valence-corrected chi connectivity index (χ3v) is 0.667. The fraction of sp³-hybridized carbons (Fsp3) is 0.111. The molecule has 0 fully saturated rings. The molecule has 1 rings (SSSR count). The Morgan fingerprint density at radius 1 is 0.923 bits per heavy atom. The Labute approximate surface area is 89.9 Å². The van der Waals surface area contributed by atoms with Gasteiger partial charge in [0, 0.05) is 18.4 Å². The smallest absolute Gasteiger partial charge is 0 e. The van der Waals surface area contributed by atoms with Crippen LogP contribution in [0, 0.1) is 26.4 Å². The van der Waals surface area contributed by atoms with Gasteiger partial charge >= 0.3 is 33.9 Å². The van der Waals surface area contributed by atoms with Crippen LogP contribution in [-0.4, -0.2) is 0 Å². The summed E-state index contributed by atoms with van der Waals surface area (Å²) >= 11 is 0. The molecule has 4 heteroatoms. The van der Waals surface area contributed by atoms with Crippen LogP contribution < -0.4 is 0 Å². The average molecular weight is 219 g/mol. The predicted octanol–water partition coefficient (Wildman–Crippen LogP) is 1.59. The molecule has 1 atom stereocenters. The summed E-state index contributed by atoms with van der Waals surface area (Å²) in [6, 6.07) is 0. The van der Waals surface area contributed by atoms with Gasteiger partial charge in [-0.1, -0.05) is 24.3 Å². The van der Waals surface area contributed by atoms with Gasteiger partial charge in [0.25, 0.3) is 0 Å². The van der Waals surface area contributed by atoms with Crippen LogP contribution in [0.2, 0.25) is 0 Å². The quantitative estimate of drug-likeness (QED) is 0.337. The van der Waals surface area contributed by atoms with E-state index in [0.717, 1.165) is 0 Å². The molecule has 0 saturated heterocycles. The predicted molar refractivity (Wildman–Crippen MR) is 39.0 cm³/mol. The molecular formula is C9H7MnO3. The first-order valence-corrected chi connectivity index (χ1v) is 2.61. The first kappa shape index (κ1) is 18.1. The zero-order valence-electron chi connectivity index (χ0n) is 7.57. The Balaban J connectivity index is -0.0000000625. The van der Waals surface area contributed by atoms with Gasteiger partial charge in [-0.25, -0.2) is 0 Å². The van der Waals surface area contributed by atoms with E-state index in [2.05, 4.69) is 20.0 Å². The summed E-state index contributed by atoms with van der Waals surface area (Å²) in [5.74, 6) is 0. The van der Waals surface area contributed by atoms with Crippen LogP contribution in [0.5, 0.6) is 0 Å². The number of rotatable bonds is 0. The van der Waals surface area contributed by atoms with Crippen molar-refractivity contribution in [1.29, 1.82) is 0 Å². The minimum Gasteiger partial charge on any atom is 0 e. The van der Waals surface area contributed by atoms with Crippen molar-refractivity contribution in [2.45, 2.75) is 6.40 Å². The molecule has 0 amide bonds. The van der Waals surface area contributed by atoms with Crippen molar-refractivity contribution >= 4 is 0 Å². The Bertz CT molecular complexity index is 192. The summed E-state index contributed by atoms with van der Waals surface area (Å²) in [4.78, 5) is 0. The molecule has 0 aromatic heterocycles. The van der Waals surface area contributed by atoms with E-state index in [1.807, 2.05) is 30.7 Å². The SMILES string of the molecule is [2H]C1[CH]C=CC=C1.[C-]#[O+].[C-]#[O+].[C-]#[O+].[Mn]. The van der Waals surface area contributed by atoms with E-state index in [4.69, 9.17) is 15.3 Å². The number of hydrogen-bond acceptors (Lipinski definition) is 0. The van der Waals surface area contributed by atoms with Gasteiger partial charge < -0.3 is 0 Å². The van der Waals surface area contributed by atoms with E-state index >= 15 is 0 Å². The van der Waals surface area contributed by atoms with E-state index in [1.54, 1.807) is 0 Å². The van der Waals surface area contributed by atoms with Crippen LogP contribution >= 0.6 is 0 Å². The van der Waals surface area contributed by atoms with E-state index in [1.165, 1.54) is 0 Å². The summed E-state index contributed by atoms with van der Waals surface area (Å²) in [5, 5.41) is 0. The van der Waals surface area contributed by atoms with E-state index < -0.39 is 0 Å². The van der Waals surface area contributed by atoms with Gasteiger partial charge in [0.1, 0.15) is 0 Å². The summed E-state index contributed by atoms with van der Waals surface area (Å²) < 4.78 is 29.6. The third kappa shape index (κ3) is 35.0. The molecule has 13 heavy (non-hydrogen) atoms. The second-order valence-corrected chi connectivity index (χ2v) is 1.15. The molecule has 0 N–H and O–H groups in total. The van der Waals surface area contributed by atoms with Gasteiger partial charge in [-0.3, -0.25) is 0 Å². The summed E-state index contributed by atoms with van der Waals surface area (Å²) in [7, 11) is 0. The van der Waals surface area contributed by atoms with Gasteiger partial charge in [0.15, 0.2) is 0 Å². The zero-order chi connectivity index (χ0) is 11.1. The minimum absolute atomic E-state index is 0. The van der Waals surface area contributed by atoms with Gasteiger partial charge in [0.2, 0.25) is 0 Å². The van der Waals surface area contributed by atoms with Crippen LogP contribution in [-0.2, 0) is 31.0 Å². The van der Waals surface area contributed by atoms with Crippen molar-refractivity contribution in [3.8, 4) is 0 Å². The monoisotopic (exact) mass is 219 g/mol. The maximum Gasteiger partial charge on any atom is 0 e. The molecular weight excluding hydrogens is 211 g/mol. The van der Waals surface area contributed by atoms with Crippen molar-refractivity contribution < 1.29 is 32.4 Å². The van der Waals surface area contributed by atoms with Crippen molar-refractivity contribution in [2.24, 2.45) is 0 Å². The summed E-state index contributed by atoms with van der Waals surface area (Å²) in [6.45, 7) is 13.5. The second-order valence-electron chi connectivity index (χ2n) is 1.15. The molecule has 2 radical (unpaired) electrons. The van der Waals surface area contributed by atoms with Gasteiger partial charge in [-0.05, 0) is 12.8 Å². The van der Waals surface area contributed by atoms with E-state index in [-0.39, 0.29) is 23.5 Å². The van der Waals surface area contributed by atoms with Crippen molar-refractivity contribution in [2.75, 3.05) is 0 Å². The van der Waals surface area contributed by atoms with Gasteiger partial charge in [0.05, 0.1) is 0 Å². The third-order valence-electron chi connectivity index (χ3n) is 0.667. The Morgan fingerprint density at radius 3 is 1.54 bits per heavy atom. The molecule has 1 aliphatic rings. The van der Waals surface area contributed by atoms with Crippen LogP contribution in [0.1, 0.15) is 7.77 Å².